The van der Waals surface area contributed by atoms with E-state index in [1.807, 2.05) is 30.3 Å². The van der Waals surface area contributed by atoms with Crippen LogP contribution in [-0.2, 0) is 0 Å². The second-order valence-corrected chi connectivity index (χ2v) is 5.36. The lowest BCUT2D eigenvalue weighted by Crippen LogP contribution is -2.28. The number of nitrogens with one attached hydrogen (secondary N) is 1. The predicted octanol–water partition coefficient (Wildman–Crippen LogP) is 4.16. The second-order valence-electron chi connectivity index (χ2n) is 5.36. The highest BCUT2D eigenvalue weighted by molar-refractivity contribution is 5.97. The van der Waals surface area contributed by atoms with Gasteiger partial charge in [0.05, 0.1) is 6.04 Å². The summed E-state index contributed by atoms with van der Waals surface area (Å²) in [6, 6.07) is 16.8. The van der Waals surface area contributed by atoms with E-state index in [0.717, 1.165) is 18.4 Å². The van der Waals surface area contributed by atoms with Crippen LogP contribution in [0, 0.1) is 0 Å². The van der Waals surface area contributed by atoms with E-state index in [0.29, 0.717) is 11.1 Å². The molecule has 22 heavy (non-hydrogen) atoms. The van der Waals surface area contributed by atoms with Crippen molar-refractivity contribution in [2.45, 2.75) is 32.7 Å². The molecule has 1 amide bonds. The minimum Gasteiger partial charge on any atom is -0.345 e. The maximum absolute atomic E-state index is 12.4. The second kappa shape index (κ2) is 7.55. The molecule has 2 aromatic rings. The van der Waals surface area contributed by atoms with E-state index in [4.69, 9.17) is 0 Å². The van der Waals surface area contributed by atoms with Gasteiger partial charge in [0.15, 0.2) is 5.78 Å². The molecule has 0 heterocycles. The van der Waals surface area contributed by atoms with Crippen molar-refractivity contribution in [3.05, 3.63) is 71.3 Å². The Labute approximate surface area is 131 Å². The van der Waals surface area contributed by atoms with Crippen LogP contribution >= 0.6 is 0 Å². The molecule has 0 aromatic heterocycles. The molecule has 0 aliphatic heterocycles. The normalized spacial score (nSPS) is 11.7. The van der Waals surface area contributed by atoms with E-state index in [9.17, 15) is 9.59 Å². The summed E-state index contributed by atoms with van der Waals surface area (Å²) in [5, 5.41) is 3.08. The Morgan fingerprint density at radius 1 is 0.955 bits per heavy atom. The van der Waals surface area contributed by atoms with E-state index in [2.05, 4.69) is 12.2 Å². The van der Waals surface area contributed by atoms with Crippen molar-refractivity contribution in [2.75, 3.05) is 0 Å². The van der Waals surface area contributed by atoms with Gasteiger partial charge in [0.1, 0.15) is 0 Å². The molecule has 0 saturated carbocycles. The smallest absolute Gasteiger partial charge is 0.251 e. The van der Waals surface area contributed by atoms with Gasteiger partial charge in [-0.3, -0.25) is 9.59 Å². The number of carbonyl (C=O) groups excluding carboxylic acids is 2. The molecular weight excluding hydrogens is 274 g/mol. The molecule has 0 bridgehead atoms. The van der Waals surface area contributed by atoms with Crippen LogP contribution in [0.1, 0.15) is 59.0 Å². The quantitative estimate of drug-likeness (QED) is 0.813. The van der Waals surface area contributed by atoms with Crippen LogP contribution in [0.2, 0.25) is 0 Å². The molecule has 0 fully saturated rings. The number of ketones is 1. The first-order valence-corrected chi connectivity index (χ1v) is 7.58. The zero-order valence-electron chi connectivity index (χ0n) is 13.0. The molecule has 2 rings (SSSR count). The summed E-state index contributed by atoms with van der Waals surface area (Å²) in [6.07, 6.45) is 1.88. The summed E-state index contributed by atoms with van der Waals surface area (Å²) >= 11 is 0. The van der Waals surface area contributed by atoms with Gasteiger partial charge >= 0.3 is 0 Å². The highest BCUT2D eigenvalue weighted by Crippen LogP contribution is 2.19. The van der Waals surface area contributed by atoms with E-state index in [1.165, 1.54) is 6.92 Å². The summed E-state index contributed by atoms with van der Waals surface area (Å²) in [4.78, 5) is 23.7. The van der Waals surface area contributed by atoms with Gasteiger partial charge in [-0.25, -0.2) is 0 Å². The average molecular weight is 295 g/mol. The zero-order chi connectivity index (χ0) is 15.9. The molecular formula is C19H21NO2. The summed E-state index contributed by atoms with van der Waals surface area (Å²) in [5.41, 5.74) is 2.30. The highest BCUT2D eigenvalue weighted by Gasteiger charge is 2.15. The Hall–Kier alpha value is -2.42. The summed E-state index contributed by atoms with van der Waals surface area (Å²) in [7, 11) is 0. The van der Waals surface area contributed by atoms with Crippen LogP contribution < -0.4 is 5.32 Å². The molecule has 0 spiro atoms. The standard InChI is InChI=1S/C19H21NO2/c1-3-7-18(16-8-5-4-6-9-16)20-19(22)17-12-10-15(11-13-17)14(2)21/h4-6,8-13,18H,3,7H2,1-2H3,(H,20,22). The molecule has 1 unspecified atom stereocenters. The van der Waals surface area contributed by atoms with E-state index in [-0.39, 0.29) is 17.7 Å². The molecule has 3 nitrogen and oxygen atoms in total. The molecule has 1 N–H and O–H groups in total. The Balaban J connectivity index is 2.12. The van der Waals surface area contributed by atoms with Crippen LogP contribution in [0.3, 0.4) is 0 Å². The number of hydrogen-bond donors (Lipinski definition) is 1. The number of Topliss-reactive ketones (excluding diaryl/α,β-unsaturated/α-hetero) is 1. The lowest BCUT2D eigenvalue weighted by Gasteiger charge is -2.18. The Bertz CT molecular complexity index is 632. The number of rotatable bonds is 6. The molecule has 3 heteroatoms. The minimum atomic E-state index is -0.114. The van der Waals surface area contributed by atoms with Crippen molar-refractivity contribution >= 4 is 11.7 Å². The van der Waals surface area contributed by atoms with Crippen LogP contribution in [0.4, 0.5) is 0 Å². The first-order valence-electron chi connectivity index (χ1n) is 7.58. The topological polar surface area (TPSA) is 46.2 Å². The summed E-state index contributed by atoms with van der Waals surface area (Å²) < 4.78 is 0. The molecule has 0 aliphatic carbocycles. The number of carbonyl (C=O) groups is 2. The van der Waals surface area contributed by atoms with Gasteiger partial charge in [0.25, 0.3) is 5.91 Å². The van der Waals surface area contributed by atoms with Crippen molar-refractivity contribution < 1.29 is 9.59 Å². The van der Waals surface area contributed by atoms with Gasteiger partial charge in [0.2, 0.25) is 0 Å². The molecule has 0 aliphatic rings. The van der Waals surface area contributed by atoms with E-state index in [1.54, 1.807) is 24.3 Å². The van der Waals surface area contributed by atoms with E-state index >= 15 is 0 Å². The van der Waals surface area contributed by atoms with E-state index < -0.39 is 0 Å². The van der Waals surface area contributed by atoms with Gasteiger partial charge in [0, 0.05) is 11.1 Å². The predicted molar refractivity (Wildman–Crippen MR) is 88.0 cm³/mol. The number of hydrogen-bond acceptors (Lipinski definition) is 2. The molecule has 1 atom stereocenters. The van der Waals surface area contributed by atoms with Crippen LogP contribution in [0.25, 0.3) is 0 Å². The van der Waals surface area contributed by atoms with Crippen molar-refractivity contribution in [1.82, 2.24) is 5.32 Å². The molecule has 2 aromatic carbocycles. The van der Waals surface area contributed by atoms with Gasteiger partial charge < -0.3 is 5.32 Å². The fourth-order valence-electron chi connectivity index (χ4n) is 2.39. The van der Waals surface area contributed by atoms with Gasteiger partial charge in [-0.2, -0.15) is 0 Å². The third-order valence-corrected chi connectivity index (χ3v) is 3.64. The fraction of sp³-hybridized carbons (Fsp3) is 0.263. The first-order chi connectivity index (χ1) is 10.6. The zero-order valence-corrected chi connectivity index (χ0v) is 13.0. The maximum Gasteiger partial charge on any atom is 0.251 e. The van der Waals surface area contributed by atoms with Gasteiger partial charge in [-0.1, -0.05) is 55.8 Å². The average Bonchev–Trinajstić information content (AvgIpc) is 2.55. The number of amides is 1. The van der Waals surface area contributed by atoms with Crippen molar-refractivity contribution in [3.8, 4) is 0 Å². The van der Waals surface area contributed by atoms with Crippen molar-refractivity contribution in [2.24, 2.45) is 0 Å². The molecule has 114 valence electrons. The molecule has 0 saturated heterocycles. The Morgan fingerprint density at radius 2 is 1.55 bits per heavy atom. The monoisotopic (exact) mass is 295 g/mol. The minimum absolute atomic E-state index is 0.0000956. The summed E-state index contributed by atoms with van der Waals surface area (Å²) in [5.74, 6) is -0.113. The van der Waals surface area contributed by atoms with Crippen LogP contribution in [-0.4, -0.2) is 11.7 Å². The van der Waals surface area contributed by atoms with Crippen LogP contribution in [0.5, 0.6) is 0 Å². The Kier molecular flexibility index (Phi) is 5.48. The van der Waals surface area contributed by atoms with Gasteiger partial charge in [-0.05, 0) is 31.0 Å². The number of benzene rings is 2. The maximum atomic E-state index is 12.4. The lowest BCUT2D eigenvalue weighted by atomic mass is 10.0. The molecule has 0 radical (unpaired) electrons. The highest BCUT2D eigenvalue weighted by atomic mass is 16.1. The third kappa shape index (κ3) is 4.04. The summed E-state index contributed by atoms with van der Waals surface area (Å²) in [6.45, 7) is 3.62. The van der Waals surface area contributed by atoms with Crippen molar-refractivity contribution in [3.63, 3.8) is 0 Å². The SMILES string of the molecule is CCCC(NC(=O)c1ccc(C(C)=O)cc1)c1ccccc1. The van der Waals surface area contributed by atoms with Gasteiger partial charge in [-0.15, -0.1) is 0 Å². The van der Waals surface area contributed by atoms with Crippen molar-refractivity contribution in [1.29, 1.82) is 0 Å². The first kappa shape index (κ1) is 16.0. The largest absolute Gasteiger partial charge is 0.345 e. The Morgan fingerprint density at radius 3 is 2.09 bits per heavy atom. The lowest BCUT2D eigenvalue weighted by molar-refractivity contribution is 0.0932. The van der Waals surface area contributed by atoms with Crippen LogP contribution in [0.15, 0.2) is 54.6 Å². The third-order valence-electron chi connectivity index (χ3n) is 3.64. The fourth-order valence-corrected chi connectivity index (χ4v) is 2.39.